The van der Waals surface area contributed by atoms with Crippen LogP contribution in [-0.2, 0) is 19.5 Å². The van der Waals surface area contributed by atoms with E-state index in [9.17, 15) is 0 Å². The molecule has 128 valence electrons. The molecule has 25 heavy (non-hydrogen) atoms. The highest BCUT2D eigenvalue weighted by atomic mass is 16.5. The molecule has 0 aliphatic carbocycles. The zero-order valence-electron chi connectivity index (χ0n) is 14.2. The Bertz CT molecular complexity index is 811. The zero-order valence-corrected chi connectivity index (χ0v) is 14.2. The van der Waals surface area contributed by atoms with Crippen molar-refractivity contribution in [2.24, 2.45) is 0 Å². The lowest BCUT2D eigenvalue weighted by Crippen LogP contribution is -2.10. The lowest BCUT2D eigenvalue weighted by Gasteiger charge is -2.10. The van der Waals surface area contributed by atoms with E-state index in [1.54, 1.807) is 0 Å². The number of rotatable bonds is 5. The molecule has 0 unspecified atom stereocenters. The first-order chi connectivity index (χ1) is 12.4. The number of hydrogen-bond donors (Lipinski definition) is 1. The average Bonchev–Trinajstić information content (AvgIpc) is 2.88. The Labute approximate surface area is 147 Å². The van der Waals surface area contributed by atoms with Gasteiger partial charge in [-0.05, 0) is 49.2 Å². The number of para-hydroxylation sites is 1. The molecule has 0 amide bonds. The third kappa shape index (κ3) is 3.82. The number of benzene rings is 2. The van der Waals surface area contributed by atoms with Gasteiger partial charge in [0.25, 0.3) is 0 Å². The van der Waals surface area contributed by atoms with Gasteiger partial charge in [-0.15, -0.1) is 10.2 Å². The summed E-state index contributed by atoms with van der Waals surface area (Å²) in [5.74, 6) is 3.81. The quantitative estimate of drug-likeness (QED) is 0.751. The van der Waals surface area contributed by atoms with Crippen molar-refractivity contribution in [1.82, 2.24) is 14.8 Å². The van der Waals surface area contributed by atoms with Gasteiger partial charge in [-0.2, -0.15) is 0 Å². The smallest absolute Gasteiger partial charge is 0.152 e. The highest BCUT2D eigenvalue weighted by Crippen LogP contribution is 2.23. The molecule has 0 bridgehead atoms. The Morgan fingerprint density at radius 2 is 1.68 bits per heavy atom. The number of nitrogens with one attached hydrogen (secondary N) is 1. The second-order valence-corrected chi connectivity index (χ2v) is 6.29. The minimum Gasteiger partial charge on any atom is -0.457 e. The molecule has 2 heterocycles. The van der Waals surface area contributed by atoms with Gasteiger partial charge in [0, 0.05) is 18.7 Å². The maximum absolute atomic E-state index is 5.82. The number of anilines is 1. The van der Waals surface area contributed by atoms with Crippen LogP contribution in [0, 0.1) is 0 Å². The first kappa shape index (κ1) is 15.7. The summed E-state index contributed by atoms with van der Waals surface area (Å²) in [7, 11) is 0. The van der Waals surface area contributed by atoms with Crippen molar-refractivity contribution in [1.29, 1.82) is 0 Å². The molecule has 1 N–H and O–H groups in total. The van der Waals surface area contributed by atoms with Gasteiger partial charge < -0.3 is 14.6 Å². The average molecular weight is 334 g/mol. The number of hydrogen-bond acceptors (Lipinski definition) is 4. The molecule has 1 aliphatic heterocycles. The summed E-state index contributed by atoms with van der Waals surface area (Å²) in [6.45, 7) is 1.72. The van der Waals surface area contributed by atoms with Crippen LogP contribution in [0.1, 0.15) is 30.9 Å². The zero-order chi connectivity index (χ0) is 16.9. The number of nitrogens with zero attached hydrogens (tertiary/aromatic N) is 3. The van der Waals surface area contributed by atoms with Gasteiger partial charge >= 0.3 is 0 Å². The number of ether oxygens (including phenoxy) is 1. The molecule has 5 nitrogen and oxygen atoms in total. The highest BCUT2D eigenvalue weighted by Gasteiger charge is 2.14. The van der Waals surface area contributed by atoms with Crippen LogP contribution < -0.4 is 10.1 Å². The van der Waals surface area contributed by atoms with Crippen molar-refractivity contribution >= 4 is 5.69 Å². The van der Waals surface area contributed by atoms with Crippen molar-refractivity contribution in [3.05, 3.63) is 66.2 Å². The van der Waals surface area contributed by atoms with Crippen molar-refractivity contribution in [2.75, 3.05) is 5.32 Å². The van der Waals surface area contributed by atoms with Gasteiger partial charge in [0.15, 0.2) is 5.82 Å². The van der Waals surface area contributed by atoms with E-state index < -0.39 is 0 Å². The molecule has 2 aromatic carbocycles. The van der Waals surface area contributed by atoms with Gasteiger partial charge in [0.2, 0.25) is 0 Å². The fourth-order valence-corrected chi connectivity index (χ4v) is 3.12. The molecule has 5 heteroatoms. The Kier molecular flexibility index (Phi) is 4.63. The van der Waals surface area contributed by atoms with Crippen molar-refractivity contribution < 1.29 is 4.74 Å². The predicted octanol–water partition coefficient (Wildman–Crippen LogP) is 4.41. The van der Waals surface area contributed by atoms with Crippen molar-refractivity contribution in [3.8, 4) is 11.5 Å². The van der Waals surface area contributed by atoms with E-state index in [-0.39, 0.29) is 0 Å². The number of fused-ring (bicyclic) bond motifs is 1. The van der Waals surface area contributed by atoms with Crippen LogP contribution >= 0.6 is 0 Å². The van der Waals surface area contributed by atoms with Gasteiger partial charge in [-0.1, -0.05) is 24.6 Å². The number of aryl methyl sites for hydroxylation is 1. The maximum Gasteiger partial charge on any atom is 0.152 e. The van der Waals surface area contributed by atoms with Crippen LogP contribution in [0.5, 0.6) is 11.5 Å². The van der Waals surface area contributed by atoms with Crippen LogP contribution in [-0.4, -0.2) is 14.8 Å². The summed E-state index contributed by atoms with van der Waals surface area (Å²) < 4.78 is 8.09. The predicted molar refractivity (Wildman–Crippen MR) is 97.9 cm³/mol. The first-order valence-corrected chi connectivity index (χ1v) is 8.86. The topological polar surface area (TPSA) is 52.0 Å². The third-order valence-electron chi connectivity index (χ3n) is 4.47. The Morgan fingerprint density at radius 1 is 0.880 bits per heavy atom. The standard InChI is InChI=1S/C20H22N4O/c1-3-7-17(8-4-1)25-18-12-10-16(11-13-18)21-15-20-23-22-19-9-5-2-6-14-24(19)20/h1,3-4,7-8,10-13,21H,2,5-6,9,14-15H2. The van der Waals surface area contributed by atoms with Crippen LogP contribution in [0.2, 0.25) is 0 Å². The van der Waals surface area contributed by atoms with Crippen LogP contribution in [0.3, 0.4) is 0 Å². The number of aromatic nitrogens is 3. The molecule has 3 aromatic rings. The van der Waals surface area contributed by atoms with Crippen molar-refractivity contribution in [2.45, 2.75) is 38.8 Å². The molecular weight excluding hydrogens is 312 g/mol. The van der Waals surface area contributed by atoms with E-state index in [1.165, 1.54) is 19.3 Å². The normalized spacial score (nSPS) is 13.8. The molecular formula is C20H22N4O. The van der Waals surface area contributed by atoms with Gasteiger partial charge in [0.1, 0.15) is 17.3 Å². The first-order valence-electron chi connectivity index (χ1n) is 8.86. The summed E-state index contributed by atoms with van der Waals surface area (Å²) >= 11 is 0. The van der Waals surface area contributed by atoms with Gasteiger partial charge in [-0.25, -0.2) is 0 Å². The van der Waals surface area contributed by atoms with Crippen LogP contribution in [0.15, 0.2) is 54.6 Å². The molecule has 0 saturated heterocycles. The van der Waals surface area contributed by atoms with Gasteiger partial charge in [0.05, 0.1) is 6.54 Å². The van der Waals surface area contributed by atoms with E-state index >= 15 is 0 Å². The second-order valence-electron chi connectivity index (χ2n) is 6.29. The highest BCUT2D eigenvalue weighted by molar-refractivity contribution is 5.47. The van der Waals surface area contributed by atoms with Crippen molar-refractivity contribution in [3.63, 3.8) is 0 Å². The Hall–Kier alpha value is -2.82. The Balaban J connectivity index is 1.38. The molecule has 0 spiro atoms. The minimum atomic E-state index is 0.686. The lowest BCUT2D eigenvalue weighted by molar-refractivity contribution is 0.483. The van der Waals surface area contributed by atoms with E-state index in [1.807, 2.05) is 54.6 Å². The molecule has 0 saturated carbocycles. The van der Waals surface area contributed by atoms with Crippen LogP contribution in [0.4, 0.5) is 5.69 Å². The lowest BCUT2D eigenvalue weighted by atomic mass is 10.2. The van der Waals surface area contributed by atoms with Crippen LogP contribution in [0.25, 0.3) is 0 Å². The monoisotopic (exact) mass is 334 g/mol. The van der Waals surface area contributed by atoms with E-state index in [0.717, 1.165) is 41.8 Å². The fraction of sp³-hybridized carbons (Fsp3) is 0.300. The Morgan fingerprint density at radius 3 is 2.52 bits per heavy atom. The van der Waals surface area contributed by atoms with E-state index in [0.29, 0.717) is 6.54 Å². The second kappa shape index (κ2) is 7.38. The summed E-state index contributed by atoms with van der Waals surface area (Å²) in [5, 5.41) is 12.1. The van der Waals surface area contributed by atoms with E-state index in [2.05, 4.69) is 20.1 Å². The summed E-state index contributed by atoms with van der Waals surface area (Å²) in [6, 6.07) is 17.8. The summed E-state index contributed by atoms with van der Waals surface area (Å²) in [6.07, 6.45) is 4.75. The molecule has 1 aromatic heterocycles. The summed E-state index contributed by atoms with van der Waals surface area (Å²) in [5.41, 5.74) is 1.05. The van der Waals surface area contributed by atoms with Gasteiger partial charge in [-0.3, -0.25) is 0 Å². The summed E-state index contributed by atoms with van der Waals surface area (Å²) in [4.78, 5) is 0. The third-order valence-corrected chi connectivity index (χ3v) is 4.47. The molecule has 4 rings (SSSR count). The maximum atomic E-state index is 5.82. The largest absolute Gasteiger partial charge is 0.457 e. The fourth-order valence-electron chi connectivity index (χ4n) is 3.12. The molecule has 1 aliphatic rings. The van der Waals surface area contributed by atoms with E-state index in [4.69, 9.17) is 4.74 Å². The minimum absolute atomic E-state index is 0.686. The SMILES string of the molecule is c1ccc(Oc2ccc(NCc3nnc4n3CCCCC4)cc2)cc1. The molecule has 0 atom stereocenters. The molecule has 0 radical (unpaired) electrons. The molecule has 0 fully saturated rings.